The van der Waals surface area contributed by atoms with Crippen molar-refractivity contribution in [2.75, 3.05) is 31.1 Å². The second kappa shape index (κ2) is 8.25. The smallest absolute Gasteiger partial charge is 0.241 e. The number of rotatable bonds is 5. The Balaban J connectivity index is 0.00000200. The highest BCUT2D eigenvalue weighted by molar-refractivity contribution is 5.94. The lowest BCUT2D eigenvalue weighted by molar-refractivity contribution is -0.119. The molecule has 1 aliphatic heterocycles. The summed E-state index contributed by atoms with van der Waals surface area (Å²) in [6.45, 7) is 4.81. The van der Waals surface area contributed by atoms with E-state index in [0.717, 1.165) is 25.1 Å². The van der Waals surface area contributed by atoms with Gasteiger partial charge in [0.05, 0.1) is 6.54 Å². The Bertz CT molecular complexity index is 413. The number of anilines is 1. The Morgan fingerprint density at radius 2 is 2.10 bits per heavy atom. The van der Waals surface area contributed by atoms with Crippen molar-refractivity contribution < 1.29 is 4.79 Å². The normalized spacial score (nSPS) is 18.6. The summed E-state index contributed by atoms with van der Waals surface area (Å²) in [7, 11) is 0. The summed E-state index contributed by atoms with van der Waals surface area (Å²) >= 11 is 0. The molecule has 1 aromatic carbocycles. The molecular formula is C15H24ClN3O. The molecule has 0 radical (unpaired) electrons. The first-order valence-corrected chi connectivity index (χ1v) is 7.05. The summed E-state index contributed by atoms with van der Waals surface area (Å²) in [4.78, 5) is 16.5. The van der Waals surface area contributed by atoms with E-state index in [0.29, 0.717) is 25.7 Å². The maximum absolute atomic E-state index is 12.4. The van der Waals surface area contributed by atoms with Crippen LogP contribution in [0.2, 0.25) is 0 Å². The number of amides is 1. The molecule has 20 heavy (non-hydrogen) atoms. The summed E-state index contributed by atoms with van der Waals surface area (Å²) < 4.78 is 0. The van der Waals surface area contributed by atoms with Crippen molar-refractivity contribution in [1.82, 2.24) is 4.90 Å². The van der Waals surface area contributed by atoms with E-state index in [1.807, 2.05) is 42.2 Å². The van der Waals surface area contributed by atoms with Crippen molar-refractivity contribution in [2.45, 2.75) is 25.8 Å². The standard InChI is InChI=1S/C15H23N3O.ClH/c1-2-18(13-7-4-3-5-8-13)15(19)12-17-10-6-9-14(17)11-16;/h3-5,7-8,14H,2,6,9-12,16H2,1H3;1H. The molecule has 0 saturated carbocycles. The van der Waals surface area contributed by atoms with Gasteiger partial charge in [0.25, 0.3) is 0 Å². The third-order valence-corrected chi connectivity index (χ3v) is 3.79. The van der Waals surface area contributed by atoms with Crippen molar-refractivity contribution in [3.63, 3.8) is 0 Å². The Kier molecular flexibility index (Phi) is 6.99. The first-order valence-electron chi connectivity index (χ1n) is 7.05. The van der Waals surface area contributed by atoms with E-state index in [4.69, 9.17) is 5.73 Å². The summed E-state index contributed by atoms with van der Waals surface area (Å²) in [5.41, 5.74) is 6.72. The number of nitrogens with zero attached hydrogens (tertiary/aromatic N) is 2. The highest BCUT2D eigenvalue weighted by Crippen LogP contribution is 2.18. The minimum Gasteiger partial charge on any atom is -0.329 e. The Labute approximate surface area is 127 Å². The third kappa shape index (κ3) is 3.95. The Morgan fingerprint density at radius 1 is 1.40 bits per heavy atom. The van der Waals surface area contributed by atoms with Crippen LogP contribution in [0, 0.1) is 0 Å². The zero-order valence-electron chi connectivity index (χ0n) is 12.0. The predicted octanol–water partition coefficient (Wildman–Crippen LogP) is 1.88. The molecule has 0 spiro atoms. The van der Waals surface area contributed by atoms with Crippen LogP contribution in [-0.4, -0.2) is 43.0 Å². The second-order valence-electron chi connectivity index (χ2n) is 4.98. The van der Waals surface area contributed by atoms with Crippen molar-refractivity contribution in [3.8, 4) is 0 Å². The topological polar surface area (TPSA) is 49.6 Å². The van der Waals surface area contributed by atoms with Crippen LogP contribution in [0.15, 0.2) is 30.3 Å². The van der Waals surface area contributed by atoms with Gasteiger partial charge in [0, 0.05) is 24.8 Å². The Hall–Kier alpha value is -1.10. The molecule has 1 saturated heterocycles. The van der Waals surface area contributed by atoms with Crippen LogP contribution in [0.3, 0.4) is 0 Å². The maximum atomic E-state index is 12.4. The molecule has 0 bridgehead atoms. The van der Waals surface area contributed by atoms with Gasteiger partial charge in [-0.25, -0.2) is 0 Å². The van der Waals surface area contributed by atoms with E-state index in [1.54, 1.807) is 0 Å². The molecular weight excluding hydrogens is 274 g/mol. The molecule has 112 valence electrons. The first-order chi connectivity index (χ1) is 9.26. The maximum Gasteiger partial charge on any atom is 0.241 e. The van der Waals surface area contributed by atoms with Crippen LogP contribution < -0.4 is 10.6 Å². The van der Waals surface area contributed by atoms with E-state index < -0.39 is 0 Å². The van der Waals surface area contributed by atoms with Gasteiger partial charge in [-0.2, -0.15) is 0 Å². The lowest BCUT2D eigenvalue weighted by Gasteiger charge is -2.27. The average molecular weight is 298 g/mol. The number of halogens is 1. The zero-order valence-corrected chi connectivity index (χ0v) is 12.8. The number of nitrogens with two attached hydrogens (primary N) is 1. The molecule has 1 aromatic rings. The fourth-order valence-electron chi connectivity index (χ4n) is 2.74. The summed E-state index contributed by atoms with van der Waals surface area (Å²) in [6, 6.07) is 10.2. The van der Waals surface area contributed by atoms with Crippen molar-refractivity contribution >= 4 is 24.0 Å². The summed E-state index contributed by atoms with van der Waals surface area (Å²) in [6.07, 6.45) is 2.26. The highest BCUT2D eigenvalue weighted by Gasteiger charge is 2.26. The number of benzene rings is 1. The molecule has 0 aliphatic carbocycles. The number of carbonyl (C=O) groups excluding carboxylic acids is 1. The van der Waals surface area contributed by atoms with Gasteiger partial charge >= 0.3 is 0 Å². The van der Waals surface area contributed by atoms with Gasteiger partial charge in [-0.05, 0) is 38.4 Å². The van der Waals surface area contributed by atoms with Crippen molar-refractivity contribution in [1.29, 1.82) is 0 Å². The molecule has 0 aromatic heterocycles. The number of hydrogen-bond acceptors (Lipinski definition) is 3. The number of hydrogen-bond donors (Lipinski definition) is 1. The van der Waals surface area contributed by atoms with Gasteiger partial charge in [-0.1, -0.05) is 18.2 Å². The van der Waals surface area contributed by atoms with Gasteiger partial charge in [0.2, 0.25) is 5.91 Å². The largest absolute Gasteiger partial charge is 0.329 e. The van der Waals surface area contributed by atoms with E-state index in [2.05, 4.69) is 4.90 Å². The molecule has 1 atom stereocenters. The number of carbonyl (C=O) groups is 1. The van der Waals surface area contributed by atoms with Crippen molar-refractivity contribution in [2.24, 2.45) is 5.73 Å². The van der Waals surface area contributed by atoms with E-state index in [1.165, 1.54) is 0 Å². The molecule has 5 heteroatoms. The van der Waals surface area contributed by atoms with Gasteiger partial charge in [0.15, 0.2) is 0 Å². The molecule has 1 heterocycles. The highest BCUT2D eigenvalue weighted by atomic mass is 35.5. The zero-order chi connectivity index (χ0) is 13.7. The van der Waals surface area contributed by atoms with Crippen LogP contribution in [0.1, 0.15) is 19.8 Å². The number of likely N-dealkylation sites (tertiary alicyclic amines) is 1. The monoisotopic (exact) mass is 297 g/mol. The molecule has 4 nitrogen and oxygen atoms in total. The molecule has 2 rings (SSSR count). The van der Waals surface area contributed by atoms with E-state index in [9.17, 15) is 4.79 Å². The van der Waals surface area contributed by atoms with E-state index >= 15 is 0 Å². The SMILES string of the molecule is CCN(C(=O)CN1CCCC1CN)c1ccccc1.Cl. The molecule has 1 unspecified atom stereocenters. The first kappa shape index (κ1) is 17.0. The van der Waals surface area contributed by atoms with Gasteiger partial charge in [-0.3, -0.25) is 9.69 Å². The quantitative estimate of drug-likeness (QED) is 0.903. The number of likely N-dealkylation sites (N-methyl/N-ethyl adjacent to an activating group) is 1. The van der Waals surface area contributed by atoms with Crippen LogP contribution in [0.4, 0.5) is 5.69 Å². The summed E-state index contributed by atoms with van der Waals surface area (Å²) in [5.74, 6) is 0.161. The van der Waals surface area contributed by atoms with Gasteiger partial charge in [-0.15, -0.1) is 12.4 Å². The third-order valence-electron chi connectivity index (χ3n) is 3.79. The number of para-hydroxylation sites is 1. The minimum atomic E-state index is 0. The Morgan fingerprint density at radius 3 is 2.70 bits per heavy atom. The summed E-state index contributed by atoms with van der Waals surface area (Å²) in [5, 5.41) is 0. The second-order valence-corrected chi connectivity index (χ2v) is 4.98. The fourth-order valence-corrected chi connectivity index (χ4v) is 2.74. The molecule has 2 N–H and O–H groups in total. The van der Waals surface area contributed by atoms with Crippen LogP contribution in [-0.2, 0) is 4.79 Å². The van der Waals surface area contributed by atoms with Gasteiger partial charge in [0.1, 0.15) is 0 Å². The molecule has 1 fully saturated rings. The molecule has 1 aliphatic rings. The fraction of sp³-hybridized carbons (Fsp3) is 0.533. The van der Waals surface area contributed by atoms with Gasteiger partial charge < -0.3 is 10.6 Å². The van der Waals surface area contributed by atoms with E-state index in [-0.39, 0.29) is 18.3 Å². The lowest BCUT2D eigenvalue weighted by atomic mass is 10.2. The average Bonchev–Trinajstić information content (AvgIpc) is 2.88. The minimum absolute atomic E-state index is 0. The van der Waals surface area contributed by atoms with Crippen LogP contribution in [0.25, 0.3) is 0 Å². The molecule has 1 amide bonds. The predicted molar refractivity (Wildman–Crippen MR) is 85.4 cm³/mol. The van der Waals surface area contributed by atoms with Crippen LogP contribution in [0.5, 0.6) is 0 Å². The van der Waals surface area contributed by atoms with Crippen LogP contribution >= 0.6 is 12.4 Å². The lowest BCUT2D eigenvalue weighted by Crippen LogP contribution is -2.44. The van der Waals surface area contributed by atoms with Crippen molar-refractivity contribution in [3.05, 3.63) is 30.3 Å².